The van der Waals surface area contributed by atoms with Crippen LogP contribution in [0.15, 0.2) is 48.5 Å². The summed E-state index contributed by atoms with van der Waals surface area (Å²) in [6.07, 6.45) is 2.57. The molecule has 2 aromatic carbocycles. The van der Waals surface area contributed by atoms with Crippen LogP contribution in [0.25, 0.3) is 0 Å². The number of hydrogen-bond donors (Lipinski definition) is 0. The summed E-state index contributed by atoms with van der Waals surface area (Å²) in [6, 6.07) is 14.5. The highest BCUT2D eigenvalue weighted by molar-refractivity contribution is 6.30. The predicted octanol–water partition coefficient (Wildman–Crippen LogP) is 3.89. The third kappa shape index (κ3) is 3.44. The highest BCUT2D eigenvalue weighted by atomic mass is 35.5. The van der Waals surface area contributed by atoms with Gasteiger partial charge in [-0.05, 0) is 49.1 Å². The van der Waals surface area contributed by atoms with Gasteiger partial charge >= 0.3 is 0 Å². The second kappa shape index (κ2) is 6.94. The predicted molar refractivity (Wildman–Crippen MR) is 87.3 cm³/mol. The molecule has 1 heterocycles. The number of imide groups is 1. The van der Waals surface area contributed by atoms with Crippen molar-refractivity contribution in [1.82, 2.24) is 5.06 Å². The van der Waals surface area contributed by atoms with Crippen LogP contribution in [0.4, 0.5) is 0 Å². The van der Waals surface area contributed by atoms with Gasteiger partial charge in [0.15, 0.2) is 0 Å². The molecule has 0 aliphatic carbocycles. The van der Waals surface area contributed by atoms with Gasteiger partial charge in [0, 0.05) is 5.02 Å². The number of aryl methyl sites for hydroxylation is 1. The van der Waals surface area contributed by atoms with E-state index in [1.165, 1.54) is 5.56 Å². The van der Waals surface area contributed by atoms with E-state index in [1.807, 2.05) is 24.3 Å². The number of hydroxylamine groups is 2. The number of unbranched alkanes of at least 4 members (excludes halogenated alkanes) is 1. The van der Waals surface area contributed by atoms with Gasteiger partial charge in [0.25, 0.3) is 11.8 Å². The Bertz CT molecular complexity index is 692. The minimum Gasteiger partial charge on any atom is -0.266 e. The molecule has 0 N–H and O–H groups in total. The van der Waals surface area contributed by atoms with E-state index in [9.17, 15) is 9.59 Å². The number of amides is 2. The van der Waals surface area contributed by atoms with Crippen LogP contribution in [0, 0.1) is 0 Å². The lowest BCUT2D eigenvalue weighted by molar-refractivity contribution is -0.0921. The average Bonchev–Trinajstić information content (AvgIpc) is 2.81. The monoisotopic (exact) mass is 329 g/mol. The molecule has 0 saturated heterocycles. The van der Waals surface area contributed by atoms with Crippen molar-refractivity contribution in [3.8, 4) is 0 Å². The average molecular weight is 330 g/mol. The first kappa shape index (κ1) is 15.7. The van der Waals surface area contributed by atoms with Crippen molar-refractivity contribution in [3.05, 3.63) is 70.2 Å². The van der Waals surface area contributed by atoms with Gasteiger partial charge in [-0.1, -0.05) is 35.9 Å². The molecule has 0 unspecified atom stereocenters. The summed E-state index contributed by atoms with van der Waals surface area (Å²) in [6.45, 7) is 0.332. The standard InChI is InChI=1S/C18H16ClNO3/c19-14-10-8-13(9-11-14)5-3-4-12-23-20-17(21)15-6-1-2-7-16(15)18(20)22/h1-2,6-11H,3-5,12H2. The Kier molecular flexibility index (Phi) is 4.74. The van der Waals surface area contributed by atoms with Crippen molar-refractivity contribution in [2.45, 2.75) is 19.3 Å². The molecule has 1 aliphatic heterocycles. The quantitative estimate of drug-likeness (QED) is 0.596. The van der Waals surface area contributed by atoms with Crippen LogP contribution in [-0.4, -0.2) is 23.5 Å². The lowest BCUT2D eigenvalue weighted by Gasteiger charge is -2.13. The summed E-state index contributed by atoms with van der Waals surface area (Å²) in [4.78, 5) is 29.6. The SMILES string of the molecule is O=C1c2ccccc2C(=O)N1OCCCCc1ccc(Cl)cc1. The Hall–Kier alpha value is -2.17. The summed E-state index contributed by atoms with van der Waals surface area (Å²) < 4.78 is 0. The maximum Gasteiger partial charge on any atom is 0.285 e. The van der Waals surface area contributed by atoms with Gasteiger partial charge in [-0.25, -0.2) is 0 Å². The molecule has 0 aromatic heterocycles. The lowest BCUT2D eigenvalue weighted by atomic mass is 10.1. The molecule has 0 saturated carbocycles. The molecule has 2 amide bonds. The van der Waals surface area contributed by atoms with E-state index in [0.717, 1.165) is 29.3 Å². The van der Waals surface area contributed by atoms with Crippen LogP contribution in [0.2, 0.25) is 5.02 Å². The molecule has 1 aliphatic rings. The van der Waals surface area contributed by atoms with E-state index in [0.29, 0.717) is 17.7 Å². The van der Waals surface area contributed by atoms with Gasteiger partial charge in [0.1, 0.15) is 0 Å². The zero-order valence-corrected chi connectivity index (χ0v) is 13.3. The van der Waals surface area contributed by atoms with Gasteiger partial charge in [-0.2, -0.15) is 0 Å². The summed E-state index contributed by atoms with van der Waals surface area (Å²) in [7, 11) is 0. The number of halogens is 1. The van der Waals surface area contributed by atoms with Crippen molar-refractivity contribution in [2.75, 3.05) is 6.61 Å². The summed E-state index contributed by atoms with van der Waals surface area (Å²) in [5, 5.41) is 1.59. The van der Waals surface area contributed by atoms with Crippen LogP contribution in [0.5, 0.6) is 0 Å². The first-order chi connectivity index (χ1) is 11.2. The zero-order valence-electron chi connectivity index (χ0n) is 12.5. The minimum absolute atomic E-state index is 0.332. The maximum absolute atomic E-state index is 12.1. The van der Waals surface area contributed by atoms with Gasteiger partial charge < -0.3 is 0 Å². The molecule has 5 heteroatoms. The van der Waals surface area contributed by atoms with Crippen LogP contribution >= 0.6 is 11.6 Å². The molecule has 0 radical (unpaired) electrons. The summed E-state index contributed by atoms with van der Waals surface area (Å²) in [5.74, 6) is -0.772. The normalized spacial score (nSPS) is 13.5. The molecule has 23 heavy (non-hydrogen) atoms. The highest BCUT2D eigenvalue weighted by Gasteiger charge is 2.36. The third-order valence-electron chi connectivity index (χ3n) is 3.75. The van der Waals surface area contributed by atoms with E-state index >= 15 is 0 Å². The van der Waals surface area contributed by atoms with E-state index in [4.69, 9.17) is 16.4 Å². The topological polar surface area (TPSA) is 46.6 Å². The molecule has 0 bridgehead atoms. The van der Waals surface area contributed by atoms with Crippen LogP contribution < -0.4 is 0 Å². The fourth-order valence-electron chi connectivity index (χ4n) is 2.52. The fourth-order valence-corrected chi connectivity index (χ4v) is 2.65. The lowest BCUT2D eigenvalue weighted by Crippen LogP contribution is -2.30. The van der Waals surface area contributed by atoms with Crippen molar-refractivity contribution in [2.24, 2.45) is 0 Å². The number of benzene rings is 2. The van der Waals surface area contributed by atoms with Crippen LogP contribution in [0.3, 0.4) is 0 Å². The Balaban J connectivity index is 1.46. The Morgan fingerprint density at radius 1 is 0.870 bits per heavy atom. The largest absolute Gasteiger partial charge is 0.285 e. The molecule has 0 atom stereocenters. The van der Waals surface area contributed by atoms with E-state index in [-0.39, 0.29) is 11.8 Å². The Labute approximate surface area is 139 Å². The maximum atomic E-state index is 12.1. The van der Waals surface area contributed by atoms with Crippen LogP contribution in [0.1, 0.15) is 39.1 Å². The molecule has 2 aromatic rings. The molecular formula is C18H16ClNO3. The molecule has 0 fully saturated rings. The van der Waals surface area contributed by atoms with Gasteiger partial charge in [-0.15, -0.1) is 5.06 Å². The van der Waals surface area contributed by atoms with Crippen molar-refractivity contribution in [3.63, 3.8) is 0 Å². The number of carbonyl (C=O) groups is 2. The second-order valence-electron chi connectivity index (χ2n) is 5.37. The molecule has 0 spiro atoms. The zero-order chi connectivity index (χ0) is 16.2. The van der Waals surface area contributed by atoms with Crippen molar-refractivity contribution in [1.29, 1.82) is 0 Å². The van der Waals surface area contributed by atoms with E-state index < -0.39 is 0 Å². The Morgan fingerprint density at radius 2 is 1.48 bits per heavy atom. The number of hydrogen-bond acceptors (Lipinski definition) is 3. The number of rotatable bonds is 6. The minimum atomic E-state index is -0.386. The molecular weight excluding hydrogens is 314 g/mol. The number of carbonyl (C=O) groups excluding carboxylic acids is 2. The molecule has 118 valence electrons. The fraction of sp³-hybridized carbons (Fsp3) is 0.222. The van der Waals surface area contributed by atoms with Gasteiger partial charge in [0.2, 0.25) is 0 Å². The first-order valence-corrected chi connectivity index (χ1v) is 7.90. The van der Waals surface area contributed by atoms with Crippen LogP contribution in [-0.2, 0) is 11.3 Å². The Morgan fingerprint density at radius 3 is 2.09 bits per heavy atom. The number of fused-ring (bicyclic) bond motifs is 1. The molecule has 3 rings (SSSR count). The van der Waals surface area contributed by atoms with Crippen molar-refractivity contribution < 1.29 is 14.4 Å². The second-order valence-corrected chi connectivity index (χ2v) is 5.80. The van der Waals surface area contributed by atoms with Gasteiger partial charge in [0.05, 0.1) is 17.7 Å². The molecule has 4 nitrogen and oxygen atoms in total. The summed E-state index contributed by atoms with van der Waals surface area (Å²) >= 11 is 5.84. The highest BCUT2D eigenvalue weighted by Crippen LogP contribution is 2.22. The smallest absolute Gasteiger partial charge is 0.266 e. The van der Waals surface area contributed by atoms with E-state index in [2.05, 4.69) is 0 Å². The number of nitrogens with zero attached hydrogens (tertiary/aromatic N) is 1. The van der Waals surface area contributed by atoms with E-state index in [1.54, 1.807) is 24.3 Å². The summed E-state index contributed by atoms with van der Waals surface area (Å²) in [5.41, 5.74) is 2.01. The van der Waals surface area contributed by atoms with Crippen molar-refractivity contribution >= 4 is 23.4 Å². The third-order valence-corrected chi connectivity index (χ3v) is 4.00. The van der Waals surface area contributed by atoms with Gasteiger partial charge in [-0.3, -0.25) is 14.4 Å². The first-order valence-electron chi connectivity index (χ1n) is 7.52.